The van der Waals surface area contributed by atoms with E-state index in [1.807, 2.05) is 0 Å². The van der Waals surface area contributed by atoms with Gasteiger partial charge in [0.2, 0.25) is 0 Å². The smallest absolute Gasteiger partial charge is 0.190 e. The van der Waals surface area contributed by atoms with Crippen LogP contribution in [0.15, 0.2) is 5.16 Å². The normalized spacial score (nSPS) is 15.1. The molecule has 1 aromatic heterocycles. The van der Waals surface area contributed by atoms with Gasteiger partial charge >= 0.3 is 0 Å². The molecule has 1 aromatic rings. The molecule has 16 heavy (non-hydrogen) atoms. The Balaban J connectivity index is 2.31. The Morgan fingerprint density at radius 1 is 1.50 bits per heavy atom. The fourth-order valence-corrected chi connectivity index (χ4v) is 2.23. The first-order valence-corrected chi connectivity index (χ1v) is 6.45. The number of carbonyl (C=O) groups excluding carboxylic acids is 1. The topological polar surface area (TPSA) is 68.9 Å². The highest BCUT2D eigenvalue weighted by Crippen LogP contribution is 2.34. The van der Waals surface area contributed by atoms with E-state index in [2.05, 4.69) is 9.97 Å². The van der Waals surface area contributed by atoms with Gasteiger partial charge < -0.3 is 5.73 Å². The first-order valence-electron chi connectivity index (χ1n) is 5.09. The molecule has 1 fully saturated rings. The lowest BCUT2D eigenvalue weighted by Gasteiger charge is -2.06. The first kappa shape index (κ1) is 11.8. The number of thioether (sulfide) groups is 1. The van der Waals surface area contributed by atoms with Gasteiger partial charge in [0.1, 0.15) is 5.15 Å². The Morgan fingerprint density at radius 3 is 2.81 bits per heavy atom. The van der Waals surface area contributed by atoms with E-state index in [-0.39, 0.29) is 5.15 Å². The summed E-state index contributed by atoms with van der Waals surface area (Å²) in [6.07, 6.45) is 3.96. The molecule has 4 nitrogen and oxygen atoms in total. The second kappa shape index (κ2) is 5.12. The molecule has 0 spiro atoms. The van der Waals surface area contributed by atoms with E-state index in [1.165, 1.54) is 24.6 Å². The summed E-state index contributed by atoms with van der Waals surface area (Å²) in [6.45, 7) is 0. The molecule has 0 aliphatic heterocycles. The van der Waals surface area contributed by atoms with Gasteiger partial charge in [0.25, 0.3) is 0 Å². The van der Waals surface area contributed by atoms with Crippen LogP contribution < -0.4 is 5.73 Å². The standard InChI is InChI=1S/C10H12ClN3OS/c11-9-7(4-15)8(3-6-1-2-6)13-10(14-9)16-5-12/h4,6H,1-3,5,12H2. The molecule has 0 radical (unpaired) electrons. The number of carbonyl (C=O) groups is 1. The zero-order valence-electron chi connectivity index (χ0n) is 8.65. The second-order valence-corrected chi connectivity index (χ2v) is 5.08. The minimum Gasteiger partial charge on any atom is -0.322 e. The Labute approximate surface area is 103 Å². The predicted molar refractivity (Wildman–Crippen MR) is 63.8 cm³/mol. The molecular weight excluding hydrogens is 246 g/mol. The lowest BCUT2D eigenvalue weighted by molar-refractivity contribution is 0.112. The summed E-state index contributed by atoms with van der Waals surface area (Å²) in [5.74, 6) is 1.06. The molecule has 0 atom stereocenters. The number of hydrogen-bond acceptors (Lipinski definition) is 5. The third kappa shape index (κ3) is 2.72. The highest BCUT2D eigenvalue weighted by Gasteiger charge is 2.25. The minimum atomic E-state index is 0.233. The van der Waals surface area contributed by atoms with E-state index < -0.39 is 0 Å². The summed E-state index contributed by atoms with van der Waals surface area (Å²) in [5.41, 5.74) is 6.60. The quantitative estimate of drug-likeness (QED) is 0.287. The van der Waals surface area contributed by atoms with E-state index >= 15 is 0 Å². The van der Waals surface area contributed by atoms with Gasteiger partial charge in [0.05, 0.1) is 11.3 Å². The SMILES string of the molecule is NCSc1nc(Cl)c(C=O)c(CC2CC2)n1. The average Bonchev–Trinajstić information content (AvgIpc) is 3.02. The maximum Gasteiger partial charge on any atom is 0.190 e. The zero-order valence-corrected chi connectivity index (χ0v) is 10.2. The molecule has 2 N–H and O–H groups in total. The van der Waals surface area contributed by atoms with Crippen LogP contribution in [0.2, 0.25) is 5.15 Å². The van der Waals surface area contributed by atoms with Crippen LogP contribution in [0, 0.1) is 5.92 Å². The highest BCUT2D eigenvalue weighted by molar-refractivity contribution is 7.99. The van der Waals surface area contributed by atoms with Crippen molar-refractivity contribution in [2.24, 2.45) is 11.7 Å². The van der Waals surface area contributed by atoms with Gasteiger partial charge in [-0.25, -0.2) is 9.97 Å². The molecule has 0 aromatic carbocycles. The number of aromatic nitrogens is 2. The zero-order chi connectivity index (χ0) is 11.5. The largest absolute Gasteiger partial charge is 0.322 e. The third-order valence-corrected chi connectivity index (χ3v) is 3.36. The molecule has 6 heteroatoms. The summed E-state index contributed by atoms with van der Waals surface area (Å²) in [7, 11) is 0. The van der Waals surface area contributed by atoms with Gasteiger partial charge in [-0.3, -0.25) is 4.79 Å². The van der Waals surface area contributed by atoms with E-state index in [9.17, 15) is 4.79 Å². The van der Waals surface area contributed by atoms with E-state index in [0.29, 0.717) is 22.5 Å². The average molecular weight is 258 g/mol. The van der Waals surface area contributed by atoms with Crippen LogP contribution in [0.25, 0.3) is 0 Å². The fourth-order valence-electron chi connectivity index (χ4n) is 1.47. The summed E-state index contributed by atoms with van der Waals surface area (Å²) in [5, 5.41) is 0.783. The maximum absolute atomic E-state index is 10.9. The first-order chi connectivity index (χ1) is 7.74. The van der Waals surface area contributed by atoms with Crippen LogP contribution in [0.5, 0.6) is 0 Å². The number of nitrogens with zero attached hydrogens (tertiary/aromatic N) is 2. The highest BCUT2D eigenvalue weighted by atomic mass is 35.5. The number of aldehydes is 1. The predicted octanol–water partition coefficient (Wildman–Crippen LogP) is 1.90. The Hall–Kier alpha value is -0.650. The van der Waals surface area contributed by atoms with Gasteiger partial charge in [-0.1, -0.05) is 23.4 Å². The van der Waals surface area contributed by atoms with E-state index in [1.54, 1.807) is 0 Å². The number of halogens is 1. The molecular formula is C10H12ClN3OS. The van der Waals surface area contributed by atoms with E-state index in [4.69, 9.17) is 17.3 Å². The monoisotopic (exact) mass is 257 g/mol. The minimum absolute atomic E-state index is 0.233. The third-order valence-electron chi connectivity index (χ3n) is 2.47. The Bertz CT molecular complexity index is 409. The molecule has 86 valence electrons. The summed E-state index contributed by atoms with van der Waals surface area (Å²) in [4.78, 5) is 19.3. The van der Waals surface area contributed by atoms with Crippen LogP contribution in [0.3, 0.4) is 0 Å². The number of rotatable bonds is 5. The Morgan fingerprint density at radius 2 is 2.25 bits per heavy atom. The number of hydrogen-bond donors (Lipinski definition) is 1. The summed E-state index contributed by atoms with van der Waals surface area (Å²) >= 11 is 7.26. The van der Waals surface area contributed by atoms with Gasteiger partial charge in [-0.05, 0) is 25.2 Å². The molecule has 0 saturated heterocycles. The van der Waals surface area contributed by atoms with Crippen molar-refractivity contribution in [3.05, 3.63) is 16.4 Å². The van der Waals surface area contributed by atoms with Crippen LogP contribution in [-0.4, -0.2) is 22.1 Å². The molecule has 0 bridgehead atoms. The van der Waals surface area contributed by atoms with Gasteiger partial charge in [-0.15, -0.1) is 0 Å². The lowest BCUT2D eigenvalue weighted by atomic mass is 10.1. The second-order valence-electron chi connectivity index (χ2n) is 3.73. The van der Waals surface area contributed by atoms with Crippen molar-refractivity contribution >= 4 is 29.6 Å². The van der Waals surface area contributed by atoms with Crippen LogP contribution in [-0.2, 0) is 6.42 Å². The van der Waals surface area contributed by atoms with Crippen molar-refractivity contribution in [1.29, 1.82) is 0 Å². The van der Waals surface area contributed by atoms with Crippen molar-refractivity contribution in [2.45, 2.75) is 24.4 Å². The van der Waals surface area contributed by atoms with Crippen LogP contribution >= 0.6 is 23.4 Å². The fraction of sp³-hybridized carbons (Fsp3) is 0.500. The maximum atomic E-state index is 10.9. The molecule has 1 aliphatic rings. The van der Waals surface area contributed by atoms with Crippen molar-refractivity contribution < 1.29 is 4.79 Å². The van der Waals surface area contributed by atoms with Gasteiger partial charge in [0, 0.05) is 5.88 Å². The molecule has 1 aliphatic carbocycles. The number of nitrogens with two attached hydrogens (primary N) is 1. The molecule has 0 amide bonds. The summed E-state index contributed by atoms with van der Waals surface area (Å²) in [6, 6.07) is 0. The van der Waals surface area contributed by atoms with Crippen molar-refractivity contribution in [2.75, 3.05) is 5.88 Å². The summed E-state index contributed by atoms with van der Waals surface area (Å²) < 4.78 is 0. The van der Waals surface area contributed by atoms with Crippen molar-refractivity contribution in [3.63, 3.8) is 0 Å². The van der Waals surface area contributed by atoms with Gasteiger partial charge in [-0.2, -0.15) is 0 Å². The van der Waals surface area contributed by atoms with Crippen LogP contribution in [0.1, 0.15) is 28.9 Å². The molecule has 1 saturated carbocycles. The van der Waals surface area contributed by atoms with Crippen LogP contribution in [0.4, 0.5) is 0 Å². The lowest BCUT2D eigenvalue weighted by Crippen LogP contribution is -2.05. The Kier molecular flexibility index (Phi) is 3.78. The van der Waals surface area contributed by atoms with Crippen molar-refractivity contribution in [3.8, 4) is 0 Å². The van der Waals surface area contributed by atoms with Gasteiger partial charge in [0.15, 0.2) is 11.4 Å². The molecule has 1 heterocycles. The molecule has 0 unspecified atom stereocenters. The molecule has 2 rings (SSSR count). The van der Waals surface area contributed by atoms with E-state index in [0.717, 1.165) is 18.4 Å². The van der Waals surface area contributed by atoms with Crippen molar-refractivity contribution in [1.82, 2.24) is 9.97 Å².